The molecular formula is C17H24N4O7. The summed E-state index contributed by atoms with van der Waals surface area (Å²) in [6, 6.07) is 3.38. The van der Waals surface area contributed by atoms with E-state index in [0.29, 0.717) is 5.56 Å². The first kappa shape index (κ1) is 22.9. The van der Waals surface area contributed by atoms with Gasteiger partial charge in [-0.25, -0.2) is 0 Å². The lowest BCUT2D eigenvalue weighted by Gasteiger charge is -2.24. The number of phenols is 1. The third-order valence-electron chi connectivity index (χ3n) is 3.69. The molecule has 0 aliphatic rings. The molecule has 0 saturated carbocycles. The van der Waals surface area contributed by atoms with Crippen LogP contribution in [0.5, 0.6) is 5.75 Å². The molecule has 0 aliphatic heterocycles. The number of hydrogen-bond acceptors (Lipinski definition) is 7. The summed E-state index contributed by atoms with van der Waals surface area (Å²) in [5.74, 6) is -3.53. The van der Waals surface area contributed by atoms with Crippen LogP contribution in [0.4, 0.5) is 0 Å². The van der Waals surface area contributed by atoms with Crippen LogP contribution in [0.1, 0.15) is 12.5 Å². The van der Waals surface area contributed by atoms with Gasteiger partial charge >= 0.3 is 5.97 Å². The smallest absolute Gasteiger partial charge is 0.322 e. The number of aliphatic hydroxyl groups excluding tert-OH is 1. The maximum atomic E-state index is 12.6. The molecule has 0 radical (unpaired) electrons. The third kappa shape index (κ3) is 7.60. The average Bonchev–Trinajstić information content (AvgIpc) is 2.64. The average molecular weight is 396 g/mol. The Balaban J connectivity index is 2.92. The number of aliphatic carboxylic acids is 1. The zero-order valence-electron chi connectivity index (χ0n) is 15.2. The molecular weight excluding hydrogens is 372 g/mol. The molecule has 11 nitrogen and oxygen atoms in total. The van der Waals surface area contributed by atoms with Gasteiger partial charge in [-0.3, -0.25) is 19.2 Å². The Hall–Kier alpha value is -3.18. The van der Waals surface area contributed by atoms with Gasteiger partial charge in [0.15, 0.2) is 0 Å². The van der Waals surface area contributed by atoms with Crippen molar-refractivity contribution in [2.75, 3.05) is 13.1 Å². The van der Waals surface area contributed by atoms with Gasteiger partial charge in [0.25, 0.3) is 0 Å². The quantitative estimate of drug-likeness (QED) is 0.225. The molecule has 3 unspecified atom stereocenters. The van der Waals surface area contributed by atoms with Gasteiger partial charge in [0.05, 0.1) is 12.6 Å². The van der Waals surface area contributed by atoms with Crippen LogP contribution in [-0.4, -0.2) is 70.3 Å². The van der Waals surface area contributed by atoms with Crippen LogP contribution in [0.2, 0.25) is 0 Å². The van der Waals surface area contributed by atoms with Crippen LogP contribution in [0.3, 0.4) is 0 Å². The minimum absolute atomic E-state index is 0.0278. The van der Waals surface area contributed by atoms with Crippen LogP contribution in [0.15, 0.2) is 24.3 Å². The van der Waals surface area contributed by atoms with Gasteiger partial charge in [0.2, 0.25) is 17.7 Å². The van der Waals surface area contributed by atoms with E-state index in [1.54, 1.807) is 12.1 Å². The molecule has 11 heteroatoms. The normalized spacial score (nSPS) is 13.7. The van der Waals surface area contributed by atoms with E-state index >= 15 is 0 Å². The summed E-state index contributed by atoms with van der Waals surface area (Å²) in [5.41, 5.74) is 5.87. The van der Waals surface area contributed by atoms with E-state index in [1.165, 1.54) is 19.1 Å². The second-order valence-electron chi connectivity index (χ2n) is 6.03. The Kier molecular flexibility index (Phi) is 8.85. The molecule has 0 spiro atoms. The summed E-state index contributed by atoms with van der Waals surface area (Å²) in [5, 5.41) is 34.5. The molecule has 3 amide bonds. The molecule has 1 rings (SSSR count). The third-order valence-corrected chi connectivity index (χ3v) is 3.69. The van der Waals surface area contributed by atoms with Crippen molar-refractivity contribution in [1.82, 2.24) is 16.0 Å². The van der Waals surface area contributed by atoms with Crippen LogP contribution < -0.4 is 21.7 Å². The topological polar surface area (TPSA) is 191 Å². The minimum Gasteiger partial charge on any atom is -0.508 e. The largest absolute Gasteiger partial charge is 0.508 e. The molecule has 0 aromatic heterocycles. The number of amides is 3. The molecule has 0 heterocycles. The van der Waals surface area contributed by atoms with Gasteiger partial charge < -0.3 is 37.0 Å². The lowest BCUT2D eigenvalue weighted by Crippen LogP contribution is -2.58. The van der Waals surface area contributed by atoms with Gasteiger partial charge in [-0.1, -0.05) is 12.1 Å². The summed E-state index contributed by atoms with van der Waals surface area (Å²) < 4.78 is 0. The van der Waals surface area contributed by atoms with Gasteiger partial charge in [0.1, 0.15) is 24.4 Å². The second kappa shape index (κ2) is 10.8. The van der Waals surface area contributed by atoms with E-state index in [4.69, 9.17) is 10.8 Å². The molecule has 28 heavy (non-hydrogen) atoms. The van der Waals surface area contributed by atoms with Crippen molar-refractivity contribution < 1.29 is 34.5 Å². The second-order valence-corrected chi connectivity index (χ2v) is 6.03. The van der Waals surface area contributed by atoms with E-state index in [9.17, 15) is 29.4 Å². The number of nitrogens with two attached hydrogens (primary N) is 1. The summed E-state index contributed by atoms with van der Waals surface area (Å²) in [6.07, 6.45) is -1.29. The van der Waals surface area contributed by atoms with E-state index < -0.39 is 48.4 Å². The maximum absolute atomic E-state index is 12.6. The summed E-state index contributed by atoms with van der Waals surface area (Å²) in [6.45, 7) is 0.204. The summed E-state index contributed by atoms with van der Waals surface area (Å²) in [4.78, 5) is 46.9. The Bertz CT molecular complexity index is 706. The van der Waals surface area contributed by atoms with Gasteiger partial charge in [0, 0.05) is 6.42 Å². The van der Waals surface area contributed by atoms with Crippen LogP contribution in [-0.2, 0) is 25.6 Å². The highest BCUT2D eigenvalue weighted by Gasteiger charge is 2.29. The monoisotopic (exact) mass is 396 g/mol. The zero-order chi connectivity index (χ0) is 21.3. The molecule has 3 atom stereocenters. The fraction of sp³-hybridized carbons (Fsp3) is 0.412. The number of aliphatic hydroxyl groups is 1. The summed E-state index contributed by atoms with van der Waals surface area (Å²) in [7, 11) is 0. The molecule has 8 N–H and O–H groups in total. The Morgan fingerprint density at radius 2 is 1.68 bits per heavy atom. The number of hydrogen-bond donors (Lipinski definition) is 7. The molecule has 1 aromatic rings. The van der Waals surface area contributed by atoms with Gasteiger partial charge in [-0.05, 0) is 24.6 Å². The standard InChI is InChI=1S/C17H24N4O7/c1-9(22)15(17(28)19-8-14(25)26)21-16(27)12(20-13(24)7-18)6-10-2-4-11(23)5-3-10/h2-5,9,12,15,22-23H,6-8,18H2,1H3,(H,19,28)(H,20,24)(H,21,27)(H,25,26). The number of carboxylic acids is 1. The van der Waals surface area contributed by atoms with E-state index in [2.05, 4.69) is 16.0 Å². The zero-order valence-corrected chi connectivity index (χ0v) is 15.2. The molecule has 0 aliphatic carbocycles. The number of carbonyl (C=O) groups is 4. The number of carbonyl (C=O) groups excluding carboxylic acids is 3. The van der Waals surface area contributed by atoms with E-state index in [1.807, 2.05) is 0 Å². The van der Waals surface area contributed by atoms with Gasteiger partial charge in [-0.15, -0.1) is 0 Å². The number of rotatable bonds is 10. The molecule has 0 saturated heterocycles. The molecule has 0 fully saturated rings. The Morgan fingerprint density at radius 3 is 2.18 bits per heavy atom. The lowest BCUT2D eigenvalue weighted by molar-refractivity contribution is -0.139. The van der Waals surface area contributed by atoms with Crippen LogP contribution in [0.25, 0.3) is 0 Å². The van der Waals surface area contributed by atoms with Crippen molar-refractivity contribution in [2.45, 2.75) is 31.5 Å². The number of carboxylic acid groups (broad SMARTS) is 1. The predicted molar refractivity (Wildman–Crippen MR) is 97.1 cm³/mol. The van der Waals surface area contributed by atoms with Crippen LogP contribution in [0, 0.1) is 0 Å². The van der Waals surface area contributed by atoms with Crippen molar-refractivity contribution >= 4 is 23.7 Å². The highest BCUT2D eigenvalue weighted by Crippen LogP contribution is 2.11. The fourth-order valence-corrected chi connectivity index (χ4v) is 2.26. The minimum atomic E-state index is -1.43. The summed E-state index contributed by atoms with van der Waals surface area (Å²) >= 11 is 0. The SMILES string of the molecule is CC(O)C(NC(=O)C(Cc1ccc(O)cc1)NC(=O)CN)C(=O)NCC(=O)O. The number of nitrogens with one attached hydrogen (secondary N) is 3. The Morgan fingerprint density at radius 1 is 1.07 bits per heavy atom. The van der Waals surface area contributed by atoms with E-state index in [0.717, 1.165) is 0 Å². The highest BCUT2D eigenvalue weighted by molar-refractivity contribution is 5.93. The Labute approximate surface area is 160 Å². The number of aromatic hydroxyl groups is 1. The maximum Gasteiger partial charge on any atom is 0.322 e. The van der Waals surface area contributed by atoms with Crippen LogP contribution >= 0.6 is 0 Å². The van der Waals surface area contributed by atoms with Crippen molar-refractivity contribution in [3.8, 4) is 5.75 Å². The molecule has 1 aromatic carbocycles. The fourth-order valence-electron chi connectivity index (χ4n) is 2.26. The lowest BCUT2D eigenvalue weighted by atomic mass is 10.0. The first-order valence-electron chi connectivity index (χ1n) is 8.39. The highest BCUT2D eigenvalue weighted by atomic mass is 16.4. The predicted octanol–water partition coefficient (Wildman–Crippen LogP) is -2.56. The molecule has 0 bridgehead atoms. The van der Waals surface area contributed by atoms with Crippen molar-refractivity contribution in [1.29, 1.82) is 0 Å². The van der Waals surface area contributed by atoms with E-state index in [-0.39, 0.29) is 18.7 Å². The number of benzene rings is 1. The van der Waals surface area contributed by atoms with Crippen molar-refractivity contribution in [3.05, 3.63) is 29.8 Å². The molecule has 154 valence electrons. The van der Waals surface area contributed by atoms with Gasteiger partial charge in [-0.2, -0.15) is 0 Å². The van der Waals surface area contributed by atoms with Crippen molar-refractivity contribution in [3.63, 3.8) is 0 Å². The first-order valence-corrected chi connectivity index (χ1v) is 8.39. The van der Waals surface area contributed by atoms with Crippen molar-refractivity contribution in [2.24, 2.45) is 5.73 Å². The number of phenolic OH excluding ortho intramolecular Hbond substituents is 1. The first-order chi connectivity index (χ1) is 13.1.